The molecule has 4 rings (SSSR count). The zero-order valence-electron chi connectivity index (χ0n) is 14.1. The molecule has 0 fully saturated rings. The topological polar surface area (TPSA) is 55.6 Å². The SMILES string of the molecule is O=C(Cc1noc2ccccc12)N1CCCc2cc(OC(F)(F)F)ccc21. The van der Waals surface area contributed by atoms with E-state index in [-0.39, 0.29) is 18.1 Å². The first-order valence-electron chi connectivity index (χ1n) is 8.43. The number of anilines is 1. The van der Waals surface area contributed by atoms with Crippen LogP contribution < -0.4 is 9.64 Å². The van der Waals surface area contributed by atoms with E-state index in [1.807, 2.05) is 18.2 Å². The van der Waals surface area contributed by atoms with Crippen LogP contribution in [-0.2, 0) is 17.6 Å². The molecule has 1 aliphatic rings. The van der Waals surface area contributed by atoms with Crippen molar-refractivity contribution < 1.29 is 27.2 Å². The molecule has 0 saturated carbocycles. The molecule has 2 heterocycles. The van der Waals surface area contributed by atoms with Gasteiger partial charge in [0.2, 0.25) is 5.91 Å². The van der Waals surface area contributed by atoms with Gasteiger partial charge in [-0.2, -0.15) is 0 Å². The van der Waals surface area contributed by atoms with Gasteiger partial charge in [0.05, 0.1) is 6.42 Å². The molecule has 1 amide bonds. The van der Waals surface area contributed by atoms with E-state index in [1.165, 1.54) is 18.2 Å². The van der Waals surface area contributed by atoms with Crippen LogP contribution in [0.15, 0.2) is 47.0 Å². The van der Waals surface area contributed by atoms with Crippen molar-refractivity contribution in [3.05, 3.63) is 53.7 Å². The number of carbonyl (C=O) groups excluding carboxylic acids is 1. The van der Waals surface area contributed by atoms with Gasteiger partial charge in [0.25, 0.3) is 0 Å². The predicted molar refractivity (Wildman–Crippen MR) is 91.5 cm³/mol. The number of nitrogens with zero attached hydrogens (tertiary/aromatic N) is 2. The molecule has 0 unspecified atom stereocenters. The molecule has 1 aromatic heterocycles. The van der Waals surface area contributed by atoms with Gasteiger partial charge in [0.15, 0.2) is 5.58 Å². The lowest BCUT2D eigenvalue weighted by molar-refractivity contribution is -0.274. The highest BCUT2D eigenvalue weighted by molar-refractivity contribution is 5.97. The Morgan fingerprint density at radius 1 is 1.22 bits per heavy atom. The average Bonchev–Trinajstić information content (AvgIpc) is 3.02. The molecule has 27 heavy (non-hydrogen) atoms. The summed E-state index contributed by atoms with van der Waals surface area (Å²) in [6, 6.07) is 11.3. The average molecular weight is 376 g/mol. The number of hydrogen-bond donors (Lipinski definition) is 0. The van der Waals surface area contributed by atoms with Gasteiger partial charge in [-0.1, -0.05) is 17.3 Å². The van der Waals surface area contributed by atoms with Crippen molar-refractivity contribution in [3.8, 4) is 5.75 Å². The number of amides is 1. The van der Waals surface area contributed by atoms with E-state index in [9.17, 15) is 18.0 Å². The number of rotatable bonds is 3. The highest BCUT2D eigenvalue weighted by atomic mass is 19.4. The highest BCUT2D eigenvalue weighted by Crippen LogP contribution is 2.33. The summed E-state index contributed by atoms with van der Waals surface area (Å²) in [5.74, 6) is -0.461. The van der Waals surface area contributed by atoms with E-state index in [4.69, 9.17) is 4.52 Å². The van der Waals surface area contributed by atoms with Gasteiger partial charge >= 0.3 is 6.36 Å². The number of fused-ring (bicyclic) bond motifs is 2. The number of benzene rings is 2. The molecule has 0 spiro atoms. The first kappa shape index (κ1) is 17.4. The van der Waals surface area contributed by atoms with Crippen LogP contribution in [0.25, 0.3) is 11.0 Å². The summed E-state index contributed by atoms with van der Waals surface area (Å²) in [6.07, 6.45) is -3.45. The zero-order valence-corrected chi connectivity index (χ0v) is 14.1. The fourth-order valence-electron chi connectivity index (χ4n) is 3.33. The zero-order chi connectivity index (χ0) is 19.0. The minimum Gasteiger partial charge on any atom is -0.406 e. The van der Waals surface area contributed by atoms with Gasteiger partial charge in [-0.05, 0) is 48.7 Å². The first-order chi connectivity index (χ1) is 12.9. The lowest BCUT2D eigenvalue weighted by atomic mass is 10.0. The summed E-state index contributed by atoms with van der Waals surface area (Å²) in [5, 5.41) is 4.75. The van der Waals surface area contributed by atoms with E-state index in [0.717, 1.165) is 5.39 Å². The highest BCUT2D eigenvalue weighted by Gasteiger charge is 2.32. The summed E-state index contributed by atoms with van der Waals surface area (Å²) in [5.41, 5.74) is 2.41. The summed E-state index contributed by atoms with van der Waals surface area (Å²) < 4.78 is 46.4. The van der Waals surface area contributed by atoms with Gasteiger partial charge in [0, 0.05) is 17.6 Å². The Labute approximate surface area is 152 Å². The van der Waals surface area contributed by atoms with Crippen molar-refractivity contribution in [2.75, 3.05) is 11.4 Å². The summed E-state index contributed by atoms with van der Waals surface area (Å²) in [4.78, 5) is 14.4. The fourth-order valence-corrected chi connectivity index (χ4v) is 3.33. The number of aromatic nitrogens is 1. The van der Waals surface area contributed by atoms with Crippen LogP contribution in [0.4, 0.5) is 18.9 Å². The third kappa shape index (κ3) is 3.60. The normalized spacial score (nSPS) is 14.3. The molecule has 3 aromatic rings. The minimum atomic E-state index is -4.74. The quantitative estimate of drug-likeness (QED) is 0.686. The molecule has 5 nitrogen and oxygen atoms in total. The number of halogens is 3. The first-order valence-corrected chi connectivity index (χ1v) is 8.43. The molecule has 0 aliphatic carbocycles. The van der Waals surface area contributed by atoms with Crippen molar-refractivity contribution in [1.82, 2.24) is 5.16 Å². The van der Waals surface area contributed by atoms with Crippen LogP contribution >= 0.6 is 0 Å². The molecule has 2 aromatic carbocycles. The number of carbonyl (C=O) groups is 1. The van der Waals surface area contributed by atoms with E-state index in [1.54, 1.807) is 11.0 Å². The molecule has 0 bridgehead atoms. The van der Waals surface area contributed by atoms with Crippen LogP contribution in [-0.4, -0.2) is 24.0 Å². The van der Waals surface area contributed by atoms with E-state index in [2.05, 4.69) is 9.89 Å². The van der Waals surface area contributed by atoms with Gasteiger partial charge in [-0.15, -0.1) is 13.2 Å². The summed E-state index contributed by atoms with van der Waals surface area (Å²) in [6.45, 7) is 0.501. The summed E-state index contributed by atoms with van der Waals surface area (Å²) in [7, 11) is 0. The molecule has 0 saturated heterocycles. The smallest absolute Gasteiger partial charge is 0.406 e. The van der Waals surface area contributed by atoms with E-state index >= 15 is 0 Å². The lowest BCUT2D eigenvalue weighted by Gasteiger charge is -2.29. The van der Waals surface area contributed by atoms with Gasteiger partial charge in [-0.25, -0.2) is 0 Å². The van der Waals surface area contributed by atoms with Crippen molar-refractivity contribution >= 4 is 22.6 Å². The Morgan fingerprint density at radius 3 is 2.85 bits per heavy atom. The number of ether oxygens (including phenoxy) is 1. The monoisotopic (exact) mass is 376 g/mol. The van der Waals surface area contributed by atoms with E-state index < -0.39 is 6.36 Å². The Morgan fingerprint density at radius 2 is 2.04 bits per heavy atom. The molecule has 0 atom stereocenters. The third-order valence-electron chi connectivity index (χ3n) is 4.48. The van der Waals surface area contributed by atoms with Gasteiger partial charge in [0.1, 0.15) is 11.4 Å². The van der Waals surface area contributed by atoms with Crippen LogP contribution in [0.2, 0.25) is 0 Å². The number of alkyl halides is 3. The Hall–Kier alpha value is -3.03. The van der Waals surface area contributed by atoms with E-state index in [0.29, 0.717) is 41.9 Å². The second-order valence-electron chi connectivity index (χ2n) is 6.29. The van der Waals surface area contributed by atoms with Gasteiger partial charge in [-0.3, -0.25) is 4.79 Å². The lowest BCUT2D eigenvalue weighted by Crippen LogP contribution is -2.36. The fraction of sp³-hybridized carbons (Fsp3) is 0.263. The second-order valence-corrected chi connectivity index (χ2v) is 6.29. The predicted octanol–water partition coefficient (Wildman–Crippen LogP) is 4.25. The maximum absolute atomic E-state index is 12.8. The minimum absolute atomic E-state index is 0.0528. The largest absolute Gasteiger partial charge is 0.573 e. The molecule has 0 N–H and O–H groups in total. The Balaban J connectivity index is 1.57. The molecule has 0 radical (unpaired) electrons. The van der Waals surface area contributed by atoms with Crippen LogP contribution in [0, 0.1) is 0 Å². The Bertz CT molecular complexity index is 997. The number of aryl methyl sites for hydroxylation is 1. The number of para-hydroxylation sites is 1. The molecule has 1 aliphatic heterocycles. The van der Waals surface area contributed by atoms with Crippen molar-refractivity contribution in [2.24, 2.45) is 0 Å². The second kappa shape index (κ2) is 6.61. The number of hydrogen-bond acceptors (Lipinski definition) is 4. The molecule has 140 valence electrons. The van der Waals surface area contributed by atoms with Crippen molar-refractivity contribution in [3.63, 3.8) is 0 Å². The van der Waals surface area contributed by atoms with Crippen LogP contribution in [0.5, 0.6) is 5.75 Å². The third-order valence-corrected chi connectivity index (χ3v) is 4.48. The molecular weight excluding hydrogens is 361 g/mol. The maximum atomic E-state index is 12.8. The maximum Gasteiger partial charge on any atom is 0.573 e. The van der Waals surface area contributed by atoms with Crippen molar-refractivity contribution in [2.45, 2.75) is 25.6 Å². The van der Waals surface area contributed by atoms with Gasteiger partial charge < -0.3 is 14.2 Å². The molecular formula is C19H15F3N2O3. The standard InChI is InChI=1S/C19H15F3N2O3/c20-19(21,22)26-13-7-8-16-12(10-13)4-3-9-24(16)18(25)11-15-14-5-1-2-6-17(14)27-23-15/h1-2,5-8,10H,3-4,9,11H2. The molecule has 8 heteroatoms. The van der Waals surface area contributed by atoms with Crippen LogP contribution in [0.1, 0.15) is 17.7 Å². The Kier molecular flexibility index (Phi) is 4.25. The van der Waals surface area contributed by atoms with Crippen molar-refractivity contribution in [1.29, 1.82) is 0 Å². The van der Waals surface area contributed by atoms with Crippen LogP contribution in [0.3, 0.4) is 0 Å². The summed E-state index contributed by atoms with van der Waals surface area (Å²) >= 11 is 0.